The lowest BCUT2D eigenvalue weighted by atomic mass is 9.73. The fourth-order valence-electron chi connectivity index (χ4n) is 5.29. The van der Waals surface area contributed by atoms with Crippen molar-refractivity contribution >= 4 is 16.8 Å². The molecule has 6 heteroatoms. The van der Waals surface area contributed by atoms with Gasteiger partial charge in [0.15, 0.2) is 0 Å². The number of aromatic amines is 1. The predicted octanol–water partition coefficient (Wildman–Crippen LogP) is 4.43. The molecule has 2 aromatic carbocycles. The Morgan fingerprint density at radius 3 is 2.50 bits per heavy atom. The minimum Gasteiger partial charge on any atom is -0.497 e. The van der Waals surface area contributed by atoms with Gasteiger partial charge < -0.3 is 24.5 Å². The highest BCUT2D eigenvalue weighted by atomic mass is 16.5. The minimum absolute atomic E-state index is 0.0254. The van der Waals surface area contributed by atoms with E-state index < -0.39 is 5.41 Å². The number of carbonyl (C=O) groups is 1. The number of ether oxygens (including phenoxy) is 3. The van der Waals surface area contributed by atoms with Crippen LogP contribution < -0.4 is 14.8 Å². The van der Waals surface area contributed by atoms with Crippen LogP contribution in [-0.2, 0) is 21.4 Å². The summed E-state index contributed by atoms with van der Waals surface area (Å²) in [6.07, 6.45) is 4.33. The highest BCUT2D eigenvalue weighted by Crippen LogP contribution is 2.39. The third-order valence-electron chi connectivity index (χ3n) is 7.14. The van der Waals surface area contributed by atoms with E-state index in [2.05, 4.69) is 22.4 Å². The van der Waals surface area contributed by atoms with Crippen molar-refractivity contribution in [3.05, 3.63) is 59.3 Å². The van der Waals surface area contributed by atoms with E-state index >= 15 is 0 Å². The number of H-pyrrole nitrogens is 1. The third-order valence-corrected chi connectivity index (χ3v) is 7.14. The van der Waals surface area contributed by atoms with Gasteiger partial charge in [-0.15, -0.1) is 0 Å². The number of nitrogens with one attached hydrogen (secondary N) is 2. The van der Waals surface area contributed by atoms with E-state index in [0.29, 0.717) is 26.1 Å². The van der Waals surface area contributed by atoms with Crippen molar-refractivity contribution < 1.29 is 19.0 Å². The van der Waals surface area contributed by atoms with E-state index in [1.165, 1.54) is 10.9 Å². The first kappa shape index (κ1) is 20.9. The fraction of sp³-hybridized carbons (Fsp3) is 0.423. The molecule has 32 heavy (non-hydrogen) atoms. The maximum absolute atomic E-state index is 13.8. The molecule has 168 valence electrons. The average Bonchev–Trinajstić information content (AvgIpc) is 3.23. The van der Waals surface area contributed by atoms with Crippen LogP contribution in [0.5, 0.6) is 11.5 Å². The van der Waals surface area contributed by atoms with Gasteiger partial charge in [-0.1, -0.05) is 12.1 Å². The topological polar surface area (TPSA) is 72.6 Å². The maximum Gasteiger partial charge on any atom is 0.231 e. The van der Waals surface area contributed by atoms with Crippen molar-refractivity contribution in [3.8, 4) is 11.5 Å². The van der Waals surface area contributed by atoms with E-state index in [1.807, 2.05) is 30.3 Å². The van der Waals surface area contributed by atoms with E-state index in [4.69, 9.17) is 14.2 Å². The van der Waals surface area contributed by atoms with Gasteiger partial charge in [-0.05, 0) is 73.6 Å². The number of methoxy groups -OCH3 is 2. The summed E-state index contributed by atoms with van der Waals surface area (Å²) in [5.41, 5.74) is 3.95. The molecule has 2 N–H and O–H groups in total. The molecule has 2 heterocycles. The molecule has 0 saturated carbocycles. The second kappa shape index (κ2) is 8.51. The zero-order chi connectivity index (χ0) is 22.1. The second-order valence-corrected chi connectivity index (χ2v) is 8.77. The Labute approximate surface area is 188 Å². The summed E-state index contributed by atoms with van der Waals surface area (Å²) in [5.74, 6) is 1.73. The monoisotopic (exact) mass is 434 g/mol. The van der Waals surface area contributed by atoms with Crippen LogP contribution in [0.25, 0.3) is 10.9 Å². The van der Waals surface area contributed by atoms with Crippen molar-refractivity contribution in [2.24, 2.45) is 0 Å². The molecule has 1 saturated heterocycles. The Balaban J connectivity index is 1.47. The van der Waals surface area contributed by atoms with Gasteiger partial charge in [-0.25, -0.2) is 0 Å². The highest BCUT2D eigenvalue weighted by Gasteiger charge is 2.43. The van der Waals surface area contributed by atoms with Crippen LogP contribution in [-0.4, -0.2) is 38.3 Å². The molecule has 1 fully saturated rings. The van der Waals surface area contributed by atoms with Gasteiger partial charge in [0.1, 0.15) is 11.5 Å². The highest BCUT2D eigenvalue weighted by molar-refractivity contribution is 5.90. The summed E-state index contributed by atoms with van der Waals surface area (Å²) >= 11 is 0. The van der Waals surface area contributed by atoms with Crippen molar-refractivity contribution in [1.82, 2.24) is 10.3 Å². The molecule has 1 amide bonds. The molecule has 1 aliphatic carbocycles. The SMILES string of the molecule is COc1ccc(C2(C(=O)N[C@H]3CCCc4c3[nH]c3ccc(OC)cc43)CCOCC2)cc1. The lowest BCUT2D eigenvalue weighted by Gasteiger charge is -2.38. The summed E-state index contributed by atoms with van der Waals surface area (Å²) < 4.78 is 16.4. The lowest BCUT2D eigenvalue weighted by molar-refractivity contribution is -0.131. The molecule has 6 nitrogen and oxygen atoms in total. The Kier molecular flexibility index (Phi) is 5.55. The molecular formula is C26H30N2O4. The van der Waals surface area contributed by atoms with E-state index in [0.717, 1.165) is 47.5 Å². The van der Waals surface area contributed by atoms with Gasteiger partial charge in [0, 0.05) is 29.8 Å². The molecule has 0 radical (unpaired) electrons. The number of amides is 1. The normalized spacial score (nSPS) is 19.9. The first-order valence-electron chi connectivity index (χ1n) is 11.4. The van der Waals surface area contributed by atoms with Crippen LogP contribution in [0.3, 0.4) is 0 Å². The molecule has 0 spiro atoms. The van der Waals surface area contributed by atoms with Gasteiger partial charge in [0.2, 0.25) is 5.91 Å². The quantitative estimate of drug-likeness (QED) is 0.623. The summed E-state index contributed by atoms with van der Waals surface area (Å²) in [4.78, 5) is 17.4. The number of hydrogen-bond acceptors (Lipinski definition) is 4. The van der Waals surface area contributed by atoms with Crippen LogP contribution in [0, 0.1) is 0 Å². The van der Waals surface area contributed by atoms with Crippen LogP contribution in [0.1, 0.15) is 48.5 Å². The van der Waals surface area contributed by atoms with E-state index in [9.17, 15) is 4.79 Å². The molecule has 0 unspecified atom stereocenters. The number of aryl methyl sites for hydroxylation is 1. The van der Waals surface area contributed by atoms with Crippen LogP contribution >= 0.6 is 0 Å². The number of fused-ring (bicyclic) bond motifs is 3. The van der Waals surface area contributed by atoms with Crippen LogP contribution in [0.2, 0.25) is 0 Å². The molecular weight excluding hydrogens is 404 g/mol. The summed E-state index contributed by atoms with van der Waals surface area (Å²) in [7, 11) is 3.35. The number of rotatable bonds is 5. The van der Waals surface area contributed by atoms with Gasteiger partial charge in [-0.2, -0.15) is 0 Å². The average molecular weight is 435 g/mol. The zero-order valence-corrected chi connectivity index (χ0v) is 18.7. The molecule has 1 atom stereocenters. The molecule has 2 aliphatic rings. The smallest absolute Gasteiger partial charge is 0.231 e. The molecule has 1 aliphatic heterocycles. The molecule has 3 aromatic rings. The maximum atomic E-state index is 13.8. The van der Waals surface area contributed by atoms with Gasteiger partial charge >= 0.3 is 0 Å². The zero-order valence-electron chi connectivity index (χ0n) is 18.7. The third kappa shape index (κ3) is 3.52. The minimum atomic E-state index is -0.586. The molecule has 1 aromatic heterocycles. The van der Waals surface area contributed by atoms with Crippen molar-refractivity contribution in [2.45, 2.75) is 43.6 Å². The molecule has 5 rings (SSSR count). The van der Waals surface area contributed by atoms with Crippen LogP contribution in [0.15, 0.2) is 42.5 Å². The summed E-state index contributed by atoms with van der Waals surface area (Å²) in [5, 5.41) is 4.60. The predicted molar refractivity (Wildman–Crippen MR) is 123 cm³/mol. The number of hydrogen-bond donors (Lipinski definition) is 2. The lowest BCUT2D eigenvalue weighted by Crippen LogP contribution is -2.49. The van der Waals surface area contributed by atoms with Crippen molar-refractivity contribution in [1.29, 1.82) is 0 Å². The van der Waals surface area contributed by atoms with Crippen molar-refractivity contribution in [2.75, 3.05) is 27.4 Å². The number of aromatic nitrogens is 1. The first-order chi connectivity index (χ1) is 15.6. The number of carbonyl (C=O) groups excluding carboxylic acids is 1. The second-order valence-electron chi connectivity index (χ2n) is 8.77. The Morgan fingerprint density at radius 1 is 1.06 bits per heavy atom. The van der Waals surface area contributed by atoms with Crippen LogP contribution in [0.4, 0.5) is 0 Å². The van der Waals surface area contributed by atoms with E-state index in [-0.39, 0.29) is 11.9 Å². The molecule has 0 bridgehead atoms. The Hall–Kier alpha value is -2.99. The first-order valence-corrected chi connectivity index (χ1v) is 11.4. The fourth-order valence-corrected chi connectivity index (χ4v) is 5.29. The van der Waals surface area contributed by atoms with Gasteiger partial charge in [-0.3, -0.25) is 4.79 Å². The Morgan fingerprint density at radius 2 is 1.78 bits per heavy atom. The summed E-state index contributed by atoms with van der Waals surface area (Å²) in [6.45, 7) is 1.17. The van der Waals surface area contributed by atoms with Gasteiger partial charge in [0.25, 0.3) is 0 Å². The summed E-state index contributed by atoms with van der Waals surface area (Å²) in [6, 6.07) is 14.0. The van der Waals surface area contributed by atoms with E-state index in [1.54, 1.807) is 14.2 Å². The standard InChI is InChI=1S/C26H30N2O4/c1-30-18-8-6-17(7-9-18)26(12-14-32-15-13-26)25(29)28-23-5-3-4-20-21-16-19(31-2)10-11-22(21)27-24(20)23/h6-11,16,23,27H,3-5,12-15H2,1-2H3,(H,28,29)/t23-/m0/s1. The van der Waals surface area contributed by atoms with Gasteiger partial charge in [0.05, 0.1) is 25.7 Å². The van der Waals surface area contributed by atoms with Crippen molar-refractivity contribution in [3.63, 3.8) is 0 Å². The number of benzene rings is 2. The Bertz CT molecular complexity index is 1110. The largest absolute Gasteiger partial charge is 0.497 e.